The molecule has 3 rings (SSSR count). The molecule has 0 bridgehead atoms. The second-order valence-electron chi connectivity index (χ2n) is 8.99. The van der Waals surface area contributed by atoms with E-state index in [1.54, 1.807) is 6.20 Å². The summed E-state index contributed by atoms with van der Waals surface area (Å²) in [6.45, 7) is 10.8. The number of hydrazine groups is 1. The van der Waals surface area contributed by atoms with Crippen LogP contribution in [-0.2, 0) is 10.0 Å². The Morgan fingerprint density at radius 2 is 1.80 bits per heavy atom. The molecule has 12 heteroatoms. The van der Waals surface area contributed by atoms with Crippen molar-refractivity contribution in [2.75, 3.05) is 40.8 Å². The normalized spacial score (nSPS) is 15.7. The lowest BCUT2D eigenvalue weighted by atomic mass is 10.1. The molecule has 0 unspecified atom stereocenters. The number of hydrogen-bond acceptors (Lipinski definition) is 8. The summed E-state index contributed by atoms with van der Waals surface area (Å²) >= 11 is 0. The number of rotatable bonds is 8. The van der Waals surface area contributed by atoms with Gasteiger partial charge in [-0.25, -0.2) is 23.0 Å². The average Bonchev–Trinajstić information content (AvgIpc) is 2.81. The van der Waals surface area contributed by atoms with Gasteiger partial charge < -0.3 is 10.6 Å². The molecule has 1 aliphatic heterocycles. The molecular formula is C23H33F2N7O2S. The van der Waals surface area contributed by atoms with Gasteiger partial charge in [-0.2, -0.15) is 0 Å². The van der Waals surface area contributed by atoms with Crippen LogP contribution in [0.2, 0.25) is 0 Å². The highest BCUT2D eigenvalue weighted by Crippen LogP contribution is 2.30. The lowest BCUT2D eigenvalue weighted by molar-refractivity contribution is 0.209. The van der Waals surface area contributed by atoms with E-state index in [4.69, 9.17) is 11.6 Å². The van der Waals surface area contributed by atoms with Gasteiger partial charge in [0.2, 0.25) is 10.0 Å². The third-order valence-electron chi connectivity index (χ3n) is 5.94. The van der Waals surface area contributed by atoms with Crippen LogP contribution >= 0.6 is 0 Å². The minimum atomic E-state index is -3.85. The highest BCUT2D eigenvalue weighted by atomic mass is 32.2. The number of nitrogens with zero attached hydrogens (tertiary/aromatic N) is 4. The molecule has 1 saturated heterocycles. The molecule has 2 heterocycles. The van der Waals surface area contributed by atoms with Gasteiger partial charge in [-0.05, 0) is 45.9 Å². The van der Waals surface area contributed by atoms with Gasteiger partial charge in [0.15, 0.2) is 11.6 Å². The van der Waals surface area contributed by atoms with E-state index in [-0.39, 0.29) is 5.70 Å². The number of pyridine rings is 1. The minimum Gasteiger partial charge on any atom is -0.397 e. The molecule has 0 radical (unpaired) electrons. The van der Waals surface area contributed by atoms with E-state index in [9.17, 15) is 12.8 Å². The SMILES string of the molecule is CC(C)N1CCN(c2cncc(/C(N)=C/N(N)c3c(F)ccc(NS(=O)(=O)C(C)C)c3F)c2)CC1. The molecule has 1 aromatic carbocycles. The predicted molar refractivity (Wildman–Crippen MR) is 136 cm³/mol. The number of anilines is 3. The van der Waals surface area contributed by atoms with Crippen LogP contribution in [0, 0.1) is 11.6 Å². The fourth-order valence-electron chi connectivity index (χ4n) is 3.67. The van der Waals surface area contributed by atoms with Crippen LogP contribution in [0.15, 0.2) is 36.8 Å². The van der Waals surface area contributed by atoms with Crippen molar-refractivity contribution in [2.45, 2.75) is 39.0 Å². The van der Waals surface area contributed by atoms with Crippen LogP contribution in [0.3, 0.4) is 0 Å². The number of nitrogens with one attached hydrogen (secondary N) is 1. The molecule has 2 aromatic rings. The lowest BCUT2D eigenvalue weighted by Crippen LogP contribution is -2.48. The summed E-state index contributed by atoms with van der Waals surface area (Å²) < 4.78 is 55.9. The van der Waals surface area contributed by atoms with Crippen molar-refractivity contribution < 1.29 is 17.2 Å². The van der Waals surface area contributed by atoms with Crippen LogP contribution in [-0.4, -0.2) is 55.8 Å². The fraction of sp³-hybridized carbons (Fsp3) is 0.435. The maximum absolute atomic E-state index is 15.0. The third kappa shape index (κ3) is 6.19. The molecule has 35 heavy (non-hydrogen) atoms. The van der Waals surface area contributed by atoms with Gasteiger partial charge in [0.05, 0.1) is 28.5 Å². The van der Waals surface area contributed by atoms with Crippen LogP contribution in [0.5, 0.6) is 0 Å². The monoisotopic (exact) mass is 509 g/mol. The topological polar surface area (TPSA) is 121 Å². The van der Waals surface area contributed by atoms with Crippen molar-refractivity contribution in [2.24, 2.45) is 11.6 Å². The van der Waals surface area contributed by atoms with Crippen molar-refractivity contribution in [3.8, 4) is 0 Å². The molecule has 0 amide bonds. The summed E-state index contributed by atoms with van der Waals surface area (Å²) in [5, 5.41) is -0.116. The molecule has 1 aromatic heterocycles. The zero-order chi connectivity index (χ0) is 25.9. The van der Waals surface area contributed by atoms with Crippen molar-refractivity contribution in [1.82, 2.24) is 9.88 Å². The minimum absolute atomic E-state index is 0.134. The van der Waals surface area contributed by atoms with Gasteiger partial charge in [0, 0.05) is 50.2 Å². The van der Waals surface area contributed by atoms with Crippen LogP contribution in [0.4, 0.5) is 25.8 Å². The largest absolute Gasteiger partial charge is 0.397 e. The second kappa shape index (κ2) is 10.8. The van der Waals surface area contributed by atoms with E-state index in [1.807, 2.05) is 6.07 Å². The van der Waals surface area contributed by atoms with E-state index in [2.05, 4.69) is 33.4 Å². The summed E-state index contributed by atoms with van der Waals surface area (Å²) in [4.78, 5) is 8.86. The number of hydrogen-bond donors (Lipinski definition) is 3. The van der Waals surface area contributed by atoms with E-state index in [0.717, 1.165) is 44.0 Å². The molecule has 9 nitrogen and oxygen atoms in total. The fourth-order valence-corrected chi connectivity index (χ4v) is 4.37. The maximum atomic E-state index is 15.0. The second-order valence-corrected chi connectivity index (χ2v) is 11.2. The Bertz CT molecular complexity index is 1180. The molecule has 0 saturated carbocycles. The molecule has 1 fully saturated rings. The number of halogens is 2. The van der Waals surface area contributed by atoms with E-state index in [1.165, 1.54) is 26.2 Å². The Hall–Kier alpha value is -2.96. The summed E-state index contributed by atoms with van der Waals surface area (Å²) in [7, 11) is -3.85. The van der Waals surface area contributed by atoms with Crippen LogP contribution in [0.25, 0.3) is 5.70 Å². The van der Waals surface area contributed by atoms with E-state index in [0.29, 0.717) is 16.6 Å². The highest BCUT2D eigenvalue weighted by molar-refractivity contribution is 7.93. The average molecular weight is 510 g/mol. The molecule has 0 aliphatic carbocycles. The summed E-state index contributed by atoms with van der Waals surface area (Å²) in [6.07, 6.45) is 4.44. The number of piperazine rings is 1. The Balaban J connectivity index is 1.83. The molecule has 0 atom stereocenters. The maximum Gasteiger partial charge on any atom is 0.235 e. The zero-order valence-electron chi connectivity index (χ0n) is 20.4. The number of nitrogens with two attached hydrogens (primary N) is 2. The molecular weight excluding hydrogens is 476 g/mol. The first-order valence-electron chi connectivity index (χ1n) is 11.4. The Morgan fingerprint density at radius 1 is 1.14 bits per heavy atom. The zero-order valence-corrected chi connectivity index (χ0v) is 21.2. The van der Waals surface area contributed by atoms with Gasteiger partial charge in [0.1, 0.15) is 5.69 Å². The van der Waals surface area contributed by atoms with Crippen LogP contribution < -0.4 is 26.2 Å². The van der Waals surface area contributed by atoms with Gasteiger partial charge in [-0.15, -0.1) is 0 Å². The molecule has 1 aliphatic rings. The molecule has 0 spiro atoms. The molecule has 192 valence electrons. The van der Waals surface area contributed by atoms with Gasteiger partial charge >= 0.3 is 0 Å². The standard InChI is InChI=1S/C23H33F2N7O2S/c1-15(2)30-7-9-31(10-8-30)18-11-17(12-28-13-18)20(26)14-32(27)23-19(24)5-6-21(22(23)25)29-35(33,34)16(3)4/h5-6,11-16,29H,7-10,26-27H2,1-4H3/b20-14-. The quantitative estimate of drug-likeness (QED) is 0.367. The van der Waals surface area contributed by atoms with Crippen molar-refractivity contribution in [1.29, 1.82) is 0 Å². The Labute approximate surface area is 205 Å². The van der Waals surface area contributed by atoms with E-state index < -0.39 is 38.3 Å². The molecule has 5 N–H and O–H groups in total. The Morgan fingerprint density at radius 3 is 2.40 bits per heavy atom. The van der Waals surface area contributed by atoms with Gasteiger partial charge in [-0.3, -0.25) is 19.6 Å². The van der Waals surface area contributed by atoms with E-state index >= 15 is 4.39 Å². The predicted octanol–water partition coefficient (Wildman–Crippen LogP) is 2.68. The van der Waals surface area contributed by atoms with Gasteiger partial charge in [0.25, 0.3) is 0 Å². The van der Waals surface area contributed by atoms with Crippen molar-refractivity contribution >= 4 is 32.8 Å². The van der Waals surface area contributed by atoms with Crippen molar-refractivity contribution in [3.05, 3.63) is 54.0 Å². The Kier molecular flexibility index (Phi) is 8.18. The third-order valence-corrected chi connectivity index (χ3v) is 7.69. The number of aromatic nitrogens is 1. The summed E-state index contributed by atoms with van der Waals surface area (Å²) in [5.41, 5.74) is 6.67. The number of benzene rings is 1. The van der Waals surface area contributed by atoms with Crippen LogP contribution in [0.1, 0.15) is 33.3 Å². The van der Waals surface area contributed by atoms with Crippen molar-refractivity contribution in [3.63, 3.8) is 0 Å². The smallest absolute Gasteiger partial charge is 0.235 e. The number of sulfonamides is 1. The first-order valence-corrected chi connectivity index (χ1v) is 12.9. The summed E-state index contributed by atoms with van der Waals surface area (Å²) in [6, 6.07) is 4.26. The first kappa shape index (κ1) is 26.6. The lowest BCUT2D eigenvalue weighted by Gasteiger charge is -2.38. The summed E-state index contributed by atoms with van der Waals surface area (Å²) in [5.74, 6) is 3.80. The highest BCUT2D eigenvalue weighted by Gasteiger charge is 2.23. The first-order chi connectivity index (χ1) is 16.4. The van der Waals surface area contributed by atoms with Gasteiger partial charge in [-0.1, -0.05) is 0 Å².